The predicted octanol–water partition coefficient (Wildman–Crippen LogP) is 1.93. The standard InChI is InChI=1S/C17H17N7O/c1-3-24-15(25)7-6-13-17(24)22-14(8-18-13)11-4-5-12(21-10(11)2)16-19-9-20-23-16/h4-5,8-9H,3,6-7H2,1-2H3,(H,19,20,23). The first-order valence-corrected chi connectivity index (χ1v) is 8.17. The van der Waals surface area contributed by atoms with E-state index in [1.54, 1.807) is 11.1 Å². The van der Waals surface area contributed by atoms with E-state index in [9.17, 15) is 4.79 Å². The Kier molecular flexibility index (Phi) is 3.72. The molecular weight excluding hydrogens is 318 g/mol. The van der Waals surface area contributed by atoms with Crippen LogP contribution >= 0.6 is 0 Å². The summed E-state index contributed by atoms with van der Waals surface area (Å²) in [4.78, 5) is 31.7. The maximum atomic E-state index is 12.1. The van der Waals surface area contributed by atoms with Crippen LogP contribution in [0.3, 0.4) is 0 Å². The van der Waals surface area contributed by atoms with Gasteiger partial charge in [-0.1, -0.05) is 0 Å². The average Bonchev–Trinajstić information content (AvgIpc) is 3.16. The van der Waals surface area contributed by atoms with Crippen LogP contribution in [0.2, 0.25) is 0 Å². The predicted molar refractivity (Wildman–Crippen MR) is 91.7 cm³/mol. The molecule has 0 radical (unpaired) electrons. The number of aromatic amines is 1. The van der Waals surface area contributed by atoms with E-state index < -0.39 is 0 Å². The molecule has 1 N–H and O–H groups in total. The van der Waals surface area contributed by atoms with E-state index in [0.717, 1.165) is 22.6 Å². The van der Waals surface area contributed by atoms with Gasteiger partial charge in [-0.3, -0.25) is 19.8 Å². The van der Waals surface area contributed by atoms with Gasteiger partial charge in [0.2, 0.25) is 5.91 Å². The molecular formula is C17H17N7O. The van der Waals surface area contributed by atoms with E-state index in [1.165, 1.54) is 6.33 Å². The summed E-state index contributed by atoms with van der Waals surface area (Å²) in [5, 5.41) is 6.65. The van der Waals surface area contributed by atoms with E-state index >= 15 is 0 Å². The number of H-pyrrole nitrogens is 1. The normalized spacial score (nSPS) is 13.8. The van der Waals surface area contributed by atoms with E-state index in [-0.39, 0.29) is 5.91 Å². The molecule has 0 fully saturated rings. The lowest BCUT2D eigenvalue weighted by molar-refractivity contribution is -0.118. The summed E-state index contributed by atoms with van der Waals surface area (Å²) in [6.07, 6.45) is 4.33. The van der Waals surface area contributed by atoms with Crippen molar-refractivity contribution >= 4 is 11.7 Å². The second-order valence-corrected chi connectivity index (χ2v) is 5.83. The minimum atomic E-state index is 0.0944. The molecule has 0 aliphatic carbocycles. The molecule has 1 amide bonds. The summed E-state index contributed by atoms with van der Waals surface area (Å²) in [6, 6.07) is 3.81. The first-order valence-electron chi connectivity index (χ1n) is 8.17. The topological polar surface area (TPSA) is 101 Å². The van der Waals surface area contributed by atoms with Crippen LogP contribution < -0.4 is 4.90 Å². The Morgan fingerprint density at radius 1 is 1.16 bits per heavy atom. The Morgan fingerprint density at radius 3 is 2.76 bits per heavy atom. The van der Waals surface area contributed by atoms with Gasteiger partial charge in [0.1, 0.15) is 12.0 Å². The molecule has 0 unspecified atom stereocenters. The van der Waals surface area contributed by atoms with Gasteiger partial charge in [0.15, 0.2) is 11.6 Å². The second kappa shape index (κ2) is 6.04. The Labute approximate surface area is 144 Å². The monoisotopic (exact) mass is 335 g/mol. The Bertz CT molecular complexity index is 936. The van der Waals surface area contributed by atoms with Crippen LogP contribution in [0.25, 0.3) is 22.8 Å². The largest absolute Gasteiger partial charge is 0.296 e. The van der Waals surface area contributed by atoms with Crippen LogP contribution in [-0.4, -0.2) is 42.6 Å². The third kappa shape index (κ3) is 2.65. The molecule has 4 rings (SSSR count). The van der Waals surface area contributed by atoms with Crippen LogP contribution in [0, 0.1) is 6.92 Å². The van der Waals surface area contributed by atoms with Gasteiger partial charge < -0.3 is 0 Å². The molecule has 1 aliphatic heterocycles. The van der Waals surface area contributed by atoms with Crippen molar-refractivity contribution in [3.63, 3.8) is 0 Å². The molecule has 0 saturated carbocycles. The fraction of sp³-hybridized carbons (Fsp3) is 0.294. The van der Waals surface area contributed by atoms with Gasteiger partial charge in [0.25, 0.3) is 0 Å². The average molecular weight is 335 g/mol. The summed E-state index contributed by atoms with van der Waals surface area (Å²) in [6.45, 7) is 4.45. The molecule has 8 nitrogen and oxygen atoms in total. The van der Waals surface area contributed by atoms with Gasteiger partial charge in [-0.05, 0) is 26.0 Å². The van der Waals surface area contributed by atoms with Crippen molar-refractivity contribution in [2.24, 2.45) is 0 Å². The lowest BCUT2D eigenvalue weighted by Gasteiger charge is -2.26. The van der Waals surface area contributed by atoms with Crippen LogP contribution in [-0.2, 0) is 11.2 Å². The molecule has 8 heteroatoms. The van der Waals surface area contributed by atoms with E-state index in [1.807, 2.05) is 26.0 Å². The summed E-state index contributed by atoms with van der Waals surface area (Å²) in [7, 11) is 0. The molecule has 3 aromatic rings. The van der Waals surface area contributed by atoms with Gasteiger partial charge in [0, 0.05) is 30.6 Å². The molecule has 3 aromatic heterocycles. The van der Waals surface area contributed by atoms with Crippen LogP contribution in [0.4, 0.5) is 5.82 Å². The molecule has 0 saturated heterocycles. The first kappa shape index (κ1) is 15.4. The fourth-order valence-corrected chi connectivity index (χ4v) is 3.02. The molecule has 126 valence electrons. The minimum absolute atomic E-state index is 0.0944. The minimum Gasteiger partial charge on any atom is -0.296 e. The number of nitrogens with one attached hydrogen (secondary N) is 1. The van der Waals surface area contributed by atoms with Gasteiger partial charge >= 0.3 is 0 Å². The lowest BCUT2D eigenvalue weighted by Crippen LogP contribution is -2.36. The number of rotatable bonds is 3. The number of carbonyl (C=O) groups is 1. The van der Waals surface area contributed by atoms with Crippen LogP contribution in [0.5, 0.6) is 0 Å². The number of hydrogen-bond acceptors (Lipinski definition) is 6. The number of nitrogens with zero attached hydrogens (tertiary/aromatic N) is 6. The number of hydrogen-bond donors (Lipinski definition) is 1. The highest BCUT2D eigenvalue weighted by Crippen LogP contribution is 2.29. The van der Waals surface area contributed by atoms with E-state index in [4.69, 9.17) is 4.98 Å². The second-order valence-electron chi connectivity index (χ2n) is 5.83. The quantitative estimate of drug-likeness (QED) is 0.785. The molecule has 0 spiro atoms. The number of fused-ring (bicyclic) bond motifs is 1. The summed E-state index contributed by atoms with van der Waals surface area (Å²) >= 11 is 0. The zero-order valence-corrected chi connectivity index (χ0v) is 14.0. The zero-order chi connectivity index (χ0) is 17.4. The summed E-state index contributed by atoms with van der Waals surface area (Å²) in [5.74, 6) is 1.38. The molecule has 4 heterocycles. The third-order valence-electron chi connectivity index (χ3n) is 4.30. The fourth-order valence-electron chi connectivity index (χ4n) is 3.02. The smallest absolute Gasteiger partial charge is 0.228 e. The number of aryl methyl sites for hydroxylation is 2. The van der Waals surface area contributed by atoms with Gasteiger partial charge in [-0.25, -0.2) is 15.0 Å². The van der Waals surface area contributed by atoms with Crippen molar-refractivity contribution in [3.05, 3.63) is 36.0 Å². The highest BCUT2D eigenvalue weighted by Gasteiger charge is 2.26. The maximum Gasteiger partial charge on any atom is 0.228 e. The highest BCUT2D eigenvalue weighted by atomic mass is 16.2. The zero-order valence-electron chi connectivity index (χ0n) is 14.0. The van der Waals surface area contributed by atoms with E-state index in [0.29, 0.717) is 36.7 Å². The molecule has 0 aromatic carbocycles. The first-order chi connectivity index (χ1) is 12.2. The number of aromatic nitrogens is 6. The summed E-state index contributed by atoms with van der Waals surface area (Å²) < 4.78 is 0. The Morgan fingerprint density at radius 2 is 2.04 bits per heavy atom. The van der Waals surface area contributed by atoms with Crippen molar-refractivity contribution in [3.8, 4) is 22.8 Å². The maximum absolute atomic E-state index is 12.1. The molecule has 0 atom stereocenters. The third-order valence-corrected chi connectivity index (χ3v) is 4.30. The summed E-state index contributed by atoms with van der Waals surface area (Å²) in [5.41, 5.74) is 3.99. The van der Waals surface area contributed by atoms with E-state index in [2.05, 4.69) is 25.1 Å². The Balaban J connectivity index is 1.76. The van der Waals surface area contributed by atoms with Crippen molar-refractivity contribution in [1.82, 2.24) is 30.1 Å². The molecule has 0 bridgehead atoms. The lowest BCUT2D eigenvalue weighted by atomic mass is 10.1. The number of carbonyl (C=O) groups excluding carboxylic acids is 1. The van der Waals surface area contributed by atoms with Crippen LogP contribution in [0.15, 0.2) is 24.7 Å². The highest BCUT2D eigenvalue weighted by molar-refractivity contribution is 5.95. The number of pyridine rings is 1. The molecule has 1 aliphatic rings. The van der Waals surface area contributed by atoms with Crippen molar-refractivity contribution in [2.45, 2.75) is 26.7 Å². The SMILES string of the molecule is CCN1C(=O)CCc2ncc(-c3ccc(-c4ncn[nH]4)nc3C)nc21. The van der Waals surface area contributed by atoms with Gasteiger partial charge in [0.05, 0.1) is 17.6 Å². The van der Waals surface area contributed by atoms with Crippen molar-refractivity contribution < 1.29 is 4.79 Å². The van der Waals surface area contributed by atoms with Gasteiger partial charge in [-0.2, -0.15) is 5.10 Å². The Hall–Kier alpha value is -3.16. The number of anilines is 1. The number of amides is 1. The van der Waals surface area contributed by atoms with Crippen molar-refractivity contribution in [2.75, 3.05) is 11.4 Å². The van der Waals surface area contributed by atoms with Gasteiger partial charge in [-0.15, -0.1) is 0 Å². The van der Waals surface area contributed by atoms with Crippen molar-refractivity contribution in [1.29, 1.82) is 0 Å². The molecule has 25 heavy (non-hydrogen) atoms. The van der Waals surface area contributed by atoms with Crippen LogP contribution in [0.1, 0.15) is 24.7 Å².